The van der Waals surface area contributed by atoms with Crippen LogP contribution in [0.4, 0.5) is 5.69 Å². The Bertz CT molecular complexity index is 609. The second-order valence-electron chi connectivity index (χ2n) is 3.40. The lowest BCUT2D eigenvalue weighted by molar-refractivity contribution is -0.385. The molecule has 0 atom stereocenters. The van der Waals surface area contributed by atoms with E-state index >= 15 is 0 Å². The molecule has 0 N–H and O–H groups in total. The Balaban J connectivity index is 2.42. The smallest absolute Gasteiger partial charge is 0.258 e. The van der Waals surface area contributed by atoms with Gasteiger partial charge in [-0.25, -0.2) is 9.67 Å². The summed E-state index contributed by atoms with van der Waals surface area (Å²) in [5.41, 5.74) is 0.860. The minimum absolute atomic E-state index is 0.00343. The Morgan fingerprint density at radius 3 is 2.83 bits per heavy atom. The molecule has 2 aromatic rings. The molecule has 0 radical (unpaired) electrons. The molecule has 0 bridgehead atoms. The molecule has 0 spiro atoms. The maximum absolute atomic E-state index is 10.9. The van der Waals surface area contributed by atoms with Gasteiger partial charge in [0, 0.05) is 6.07 Å². The molecule has 0 aliphatic heterocycles. The van der Waals surface area contributed by atoms with Gasteiger partial charge in [-0.3, -0.25) is 10.1 Å². The van der Waals surface area contributed by atoms with Gasteiger partial charge in [0.2, 0.25) is 5.16 Å². The summed E-state index contributed by atoms with van der Waals surface area (Å²) in [6, 6.07) is 6.41. The van der Waals surface area contributed by atoms with Crippen molar-refractivity contribution in [1.29, 1.82) is 0 Å². The predicted molar refractivity (Wildman–Crippen MR) is 69.3 cm³/mol. The average Bonchev–Trinajstić information content (AvgIpc) is 2.86. The van der Waals surface area contributed by atoms with E-state index in [1.807, 2.05) is 6.26 Å². The highest BCUT2D eigenvalue weighted by molar-refractivity contribution is 7.98. The Morgan fingerprint density at radius 1 is 1.50 bits per heavy atom. The molecule has 2 rings (SSSR count). The van der Waals surface area contributed by atoms with Crippen LogP contribution in [0.25, 0.3) is 5.70 Å². The third kappa shape index (κ3) is 2.25. The number of rotatable bonds is 4. The van der Waals surface area contributed by atoms with Crippen LogP contribution in [-0.4, -0.2) is 25.9 Å². The predicted octanol–water partition coefficient (Wildman–Crippen LogP) is 2.43. The van der Waals surface area contributed by atoms with E-state index in [4.69, 9.17) is 0 Å². The summed E-state index contributed by atoms with van der Waals surface area (Å²) in [7, 11) is 0. The Labute approximate surface area is 107 Å². The van der Waals surface area contributed by atoms with Crippen molar-refractivity contribution >= 4 is 23.1 Å². The Kier molecular flexibility index (Phi) is 3.42. The van der Waals surface area contributed by atoms with Gasteiger partial charge in [-0.2, -0.15) is 0 Å². The van der Waals surface area contributed by atoms with Gasteiger partial charge >= 0.3 is 0 Å². The Hall–Kier alpha value is -2.15. The lowest BCUT2D eigenvalue weighted by Crippen LogP contribution is -2.02. The summed E-state index contributed by atoms with van der Waals surface area (Å²) in [6.07, 6.45) is 3.35. The quantitative estimate of drug-likeness (QED) is 0.480. The number of thioether (sulfide) groups is 1. The van der Waals surface area contributed by atoms with E-state index < -0.39 is 4.92 Å². The minimum Gasteiger partial charge on any atom is -0.258 e. The van der Waals surface area contributed by atoms with Gasteiger partial charge < -0.3 is 0 Å². The second-order valence-corrected chi connectivity index (χ2v) is 4.17. The van der Waals surface area contributed by atoms with Crippen molar-refractivity contribution in [2.75, 3.05) is 6.26 Å². The summed E-state index contributed by atoms with van der Waals surface area (Å²) >= 11 is 1.39. The van der Waals surface area contributed by atoms with Crippen molar-refractivity contribution in [3.63, 3.8) is 0 Å². The zero-order valence-corrected chi connectivity index (χ0v) is 10.4. The molecule has 1 heterocycles. The molecule has 0 saturated heterocycles. The number of nitro benzene ring substituents is 1. The van der Waals surface area contributed by atoms with E-state index in [0.29, 0.717) is 16.4 Å². The van der Waals surface area contributed by atoms with Crippen molar-refractivity contribution in [2.24, 2.45) is 0 Å². The number of para-hydroxylation sites is 1. The molecule has 0 aliphatic rings. The summed E-state index contributed by atoms with van der Waals surface area (Å²) in [4.78, 5) is 14.5. The topological polar surface area (TPSA) is 73.8 Å². The van der Waals surface area contributed by atoms with Crippen LogP contribution in [0.15, 0.2) is 42.3 Å². The van der Waals surface area contributed by atoms with Gasteiger partial charge in [0.1, 0.15) is 6.33 Å². The maximum atomic E-state index is 10.9. The van der Waals surface area contributed by atoms with Crippen LogP contribution in [0.2, 0.25) is 0 Å². The first-order valence-corrected chi connectivity index (χ1v) is 6.24. The van der Waals surface area contributed by atoms with E-state index in [1.54, 1.807) is 18.2 Å². The number of nitrogens with zero attached hydrogens (tertiary/aromatic N) is 4. The van der Waals surface area contributed by atoms with Gasteiger partial charge in [0.25, 0.3) is 5.69 Å². The van der Waals surface area contributed by atoms with Crippen LogP contribution >= 0.6 is 11.8 Å². The SMILES string of the molecule is C=C(c1ccccc1[N+](=O)[O-])n1cnc(SC)n1. The standard InChI is InChI=1S/C11H10N4O2S/c1-8(14-7-12-11(13-14)18-2)9-5-3-4-6-10(9)15(16)17/h3-7H,1H2,2H3. The molecule has 92 valence electrons. The van der Waals surface area contributed by atoms with Crippen LogP contribution in [0, 0.1) is 10.1 Å². The largest absolute Gasteiger partial charge is 0.278 e. The first-order chi connectivity index (χ1) is 8.63. The summed E-state index contributed by atoms with van der Waals surface area (Å²) in [5, 5.41) is 15.7. The maximum Gasteiger partial charge on any atom is 0.278 e. The van der Waals surface area contributed by atoms with Crippen LogP contribution in [0.1, 0.15) is 5.56 Å². The fourth-order valence-electron chi connectivity index (χ4n) is 1.47. The lowest BCUT2D eigenvalue weighted by atomic mass is 10.1. The molecule has 1 aromatic heterocycles. The van der Waals surface area contributed by atoms with E-state index in [9.17, 15) is 10.1 Å². The first kappa shape index (κ1) is 12.3. The lowest BCUT2D eigenvalue weighted by Gasteiger charge is -2.05. The monoisotopic (exact) mass is 262 g/mol. The van der Waals surface area contributed by atoms with Crippen LogP contribution in [0.3, 0.4) is 0 Å². The third-order valence-electron chi connectivity index (χ3n) is 2.34. The molecule has 0 fully saturated rings. The first-order valence-electron chi connectivity index (χ1n) is 5.02. The Morgan fingerprint density at radius 2 is 2.22 bits per heavy atom. The highest BCUT2D eigenvalue weighted by atomic mass is 32.2. The molecule has 18 heavy (non-hydrogen) atoms. The van der Waals surface area contributed by atoms with Crippen molar-refractivity contribution in [2.45, 2.75) is 5.16 Å². The molecule has 6 nitrogen and oxygen atoms in total. The second kappa shape index (κ2) is 5.01. The van der Waals surface area contributed by atoms with Crippen molar-refractivity contribution in [3.05, 3.63) is 52.8 Å². The summed E-state index contributed by atoms with van der Waals surface area (Å²) < 4.78 is 1.44. The van der Waals surface area contributed by atoms with Crippen LogP contribution in [0.5, 0.6) is 0 Å². The number of aromatic nitrogens is 3. The van der Waals surface area contributed by atoms with E-state index in [2.05, 4.69) is 16.7 Å². The van der Waals surface area contributed by atoms with Crippen molar-refractivity contribution in [1.82, 2.24) is 14.8 Å². The number of nitro groups is 1. The van der Waals surface area contributed by atoms with Crippen molar-refractivity contribution in [3.8, 4) is 0 Å². The molecule has 0 amide bonds. The van der Waals surface area contributed by atoms with E-state index in [1.165, 1.54) is 28.8 Å². The van der Waals surface area contributed by atoms with Gasteiger partial charge in [-0.1, -0.05) is 30.5 Å². The van der Waals surface area contributed by atoms with Gasteiger partial charge in [0.15, 0.2) is 0 Å². The van der Waals surface area contributed by atoms with Crippen LogP contribution < -0.4 is 0 Å². The highest BCUT2D eigenvalue weighted by Crippen LogP contribution is 2.25. The molecular formula is C11H10N4O2S. The van der Waals surface area contributed by atoms with E-state index in [0.717, 1.165) is 0 Å². The molecule has 1 aromatic carbocycles. The summed E-state index contributed by atoms with van der Waals surface area (Å²) in [5.74, 6) is 0. The van der Waals surface area contributed by atoms with Gasteiger partial charge in [0.05, 0.1) is 16.2 Å². The fourth-order valence-corrected chi connectivity index (χ4v) is 1.79. The normalized spacial score (nSPS) is 10.3. The number of hydrogen-bond donors (Lipinski definition) is 0. The molecule has 0 saturated carbocycles. The summed E-state index contributed by atoms with van der Waals surface area (Å²) in [6.45, 7) is 3.83. The number of hydrogen-bond acceptors (Lipinski definition) is 5. The van der Waals surface area contributed by atoms with Crippen molar-refractivity contribution < 1.29 is 4.92 Å². The van der Waals surface area contributed by atoms with E-state index in [-0.39, 0.29) is 5.69 Å². The molecule has 7 heteroatoms. The molecular weight excluding hydrogens is 252 g/mol. The average molecular weight is 262 g/mol. The minimum atomic E-state index is -0.438. The third-order valence-corrected chi connectivity index (χ3v) is 2.89. The van der Waals surface area contributed by atoms with Gasteiger partial charge in [-0.05, 0) is 12.3 Å². The fraction of sp³-hybridized carbons (Fsp3) is 0.0909. The zero-order chi connectivity index (χ0) is 13.1. The molecule has 0 unspecified atom stereocenters. The molecule has 0 aliphatic carbocycles. The zero-order valence-electron chi connectivity index (χ0n) is 9.61. The van der Waals surface area contributed by atoms with Crippen LogP contribution in [-0.2, 0) is 0 Å². The number of benzene rings is 1. The van der Waals surface area contributed by atoms with Gasteiger partial charge in [-0.15, -0.1) is 5.10 Å². The highest BCUT2D eigenvalue weighted by Gasteiger charge is 2.16.